The average molecular weight is 344 g/mol. The fraction of sp³-hybridized carbons (Fsp3) is 0.733. The molecule has 1 heterocycles. The van der Waals surface area contributed by atoms with Gasteiger partial charge in [-0.3, -0.25) is 0 Å². The van der Waals surface area contributed by atoms with Gasteiger partial charge in [0.25, 0.3) is 0 Å². The first-order valence-corrected chi connectivity index (χ1v) is 7.34. The predicted molar refractivity (Wildman–Crippen MR) is 82.2 cm³/mol. The van der Waals surface area contributed by atoms with E-state index >= 15 is 0 Å². The van der Waals surface area contributed by atoms with Gasteiger partial charge in [0.2, 0.25) is 11.6 Å². The Balaban J connectivity index is 2.90. The number of rotatable bonds is 9. The molecule has 1 fully saturated rings. The lowest BCUT2D eigenvalue weighted by atomic mass is 10.0. The van der Waals surface area contributed by atoms with Gasteiger partial charge in [0.05, 0.1) is 13.2 Å². The zero-order chi connectivity index (χ0) is 18.2. The number of carbonyl (C=O) groups excluding carboxylic acids is 1. The Kier molecular flexibility index (Phi) is 7.68. The van der Waals surface area contributed by atoms with Crippen molar-refractivity contribution < 1.29 is 38.0 Å². The van der Waals surface area contributed by atoms with Crippen molar-refractivity contribution in [2.24, 2.45) is 0 Å². The normalized spacial score (nSPS) is 32.7. The summed E-state index contributed by atoms with van der Waals surface area (Å²) in [6, 6.07) is 0. The Labute approximate surface area is 141 Å². The van der Waals surface area contributed by atoms with Crippen molar-refractivity contribution in [3.05, 3.63) is 18.2 Å². The molecule has 1 aliphatic rings. The first kappa shape index (κ1) is 20.4. The molecule has 1 aliphatic heterocycles. The molecule has 1 rings (SSSR count). The molecule has 0 aromatic heterocycles. The van der Waals surface area contributed by atoms with Crippen LogP contribution in [0.4, 0.5) is 0 Å². The van der Waals surface area contributed by atoms with Crippen LogP contribution in [0, 0.1) is 0 Å². The summed E-state index contributed by atoms with van der Waals surface area (Å²) in [5.74, 6) is -3.25. The van der Waals surface area contributed by atoms with Gasteiger partial charge in [0, 0.05) is 14.2 Å². The van der Waals surface area contributed by atoms with Crippen molar-refractivity contribution in [1.29, 1.82) is 0 Å². The summed E-state index contributed by atoms with van der Waals surface area (Å²) in [4.78, 5) is 13.9. The minimum absolute atomic E-state index is 0.147. The second kappa shape index (κ2) is 9.03. The van der Waals surface area contributed by atoms with E-state index in [2.05, 4.69) is 11.4 Å². The maximum absolute atomic E-state index is 11.3. The fourth-order valence-electron chi connectivity index (χ4n) is 2.21. The highest BCUT2D eigenvalue weighted by molar-refractivity contribution is 6.20. The van der Waals surface area contributed by atoms with Crippen molar-refractivity contribution in [2.75, 3.05) is 34.0 Å². The third-order valence-electron chi connectivity index (χ3n) is 3.84. The van der Waals surface area contributed by atoms with E-state index in [1.165, 1.54) is 14.2 Å². The van der Waals surface area contributed by atoms with Gasteiger partial charge < -0.3 is 34.0 Å². The van der Waals surface area contributed by atoms with E-state index in [-0.39, 0.29) is 13.2 Å². The average Bonchev–Trinajstić information content (AvgIpc) is 2.57. The molecule has 0 saturated carbocycles. The summed E-state index contributed by atoms with van der Waals surface area (Å²) in [5.41, 5.74) is 8.34. The standard InChI is InChI=1S/C15H24N2O7/c1-6-7-21-9-11-12(10-22-13(18)8-17-16)24-15(3,20-5)14(2,19-4)23-11/h6,8,11-12H,1,7,9-10H2,2-5H3/t11-,12-,14+,15+/m0/s1. The predicted octanol–water partition coefficient (Wildman–Crippen LogP) is 0.542. The molecule has 136 valence electrons. The van der Waals surface area contributed by atoms with E-state index in [1.54, 1.807) is 19.9 Å². The van der Waals surface area contributed by atoms with Crippen LogP contribution >= 0.6 is 0 Å². The Morgan fingerprint density at radius 2 is 1.75 bits per heavy atom. The van der Waals surface area contributed by atoms with Crippen molar-refractivity contribution >= 4 is 12.2 Å². The summed E-state index contributed by atoms with van der Waals surface area (Å²) >= 11 is 0. The van der Waals surface area contributed by atoms with Crippen LogP contribution < -0.4 is 0 Å². The Morgan fingerprint density at radius 3 is 2.21 bits per heavy atom. The minimum Gasteiger partial charge on any atom is -0.454 e. The van der Waals surface area contributed by atoms with Crippen LogP contribution in [-0.2, 0) is 33.2 Å². The highest BCUT2D eigenvalue weighted by atomic mass is 16.8. The fourth-order valence-corrected chi connectivity index (χ4v) is 2.21. The third-order valence-corrected chi connectivity index (χ3v) is 3.84. The topological polar surface area (TPSA) is 109 Å². The number of esters is 1. The highest BCUT2D eigenvalue weighted by Gasteiger charge is 2.56. The number of methoxy groups -OCH3 is 2. The quantitative estimate of drug-likeness (QED) is 0.150. The minimum atomic E-state index is -1.24. The summed E-state index contributed by atoms with van der Waals surface area (Å²) in [6.07, 6.45) is 0.975. The molecule has 0 aromatic rings. The molecule has 0 amide bonds. The number of ether oxygens (including phenoxy) is 6. The van der Waals surface area contributed by atoms with Crippen molar-refractivity contribution in [1.82, 2.24) is 0 Å². The Bertz CT molecular complexity index is 494. The molecular formula is C15H24N2O7. The monoisotopic (exact) mass is 344 g/mol. The zero-order valence-electron chi connectivity index (χ0n) is 14.4. The van der Waals surface area contributed by atoms with Gasteiger partial charge >= 0.3 is 12.2 Å². The van der Waals surface area contributed by atoms with Gasteiger partial charge in [-0.1, -0.05) is 6.08 Å². The SMILES string of the molecule is C=CCOC[C@@H]1O[C@@](C)(OC)[C@](C)(OC)O[C@H]1COC(=O)C=[N+]=[N-]. The van der Waals surface area contributed by atoms with Crippen LogP contribution in [0.5, 0.6) is 0 Å². The molecule has 0 bridgehead atoms. The van der Waals surface area contributed by atoms with Gasteiger partial charge in [-0.15, -0.1) is 6.58 Å². The molecule has 4 atom stereocenters. The Morgan fingerprint density at radius 1 is 1.21 bits per heavy atom. The lowest BCUT2D eigenvalue weighted by molar-refractivity contribution is -0.451. The number of nitrogens with zero attached hydrogens (tertiary/aromatic N) is 2. The van der Waals surface area contributed by atoms with Crippen LogP contribution in [0.25, 0.3) is 5.53 Å². The van der Waals surface area contributed by atoms with Gasteiger partial charge in [0.1, 0.15) is 18.8 Å². The van der Waals surface area contributed by atoms with Crippen LogP contribution in [-0.4, -0.2) is 74.8 Å². The van der Waals surface area contributed by atoms with Gasteiger partial charge in [-0.05, 0) is 13.8 Å². The summed E-state index contributed by atoms with van der Waals surface area (Å²) < 4.78 is 33.1. The molecule has 0 unspecified atom stereocenters. The maximum Gasteiger partial charge on any atom is 0.413 e. The summed E-state index contributed by atoms with van der Waals surface area (Å²) in [5, 5.41) is 0. The first-order chi connectivity index (χ1) is 11.4. The van der Waals surface area contributed by atoms with Gasteiger partial charge in [-0.25, -0.2) is 4.79 Å². The molecule has 0 N–H and O–H groups in total. The van der Waals surface area contributed by atoms with E-state index in [0.717, 1.165) is 0 Å². The smallest absolute Gasteiger partial charge is 0.413 e. The van der Waals surface area contributed by atoms with Crippen LogP contribution in [0.2, 0.25) is 0 Å². The van der Waals surface area contributed by atoms with E-state index in [4.69, 9.17) is 34.0 Å². The van der Waals surface area contributed by atoms with E-state index in [1.807, 2.05) is 0 Å². The van der Waals surface area contributed by atoms with Crippen molar-refractivity contribution in [2.45, 2.75) is 37.6 Å². The molecule has 0 aromatic carbocycles. The molecule has 24 heavy (non-hydrogen) atoms. The van der Waals surface area contributed by atoms with Gasteiger partial charge in [0.15, 0.2) is 0 Å². The number of carbonyl (C=O) groups is 1. The second-order valence-corrected chi connectivity index (χ2v) is 5.31. The molecule has 0 spiro atoms. The highest BCUT2D eigenvalue weighted by Crippen LogP contribution is 2.39. The zero-order valence-corrected chi connectivity index (χ0v) is 14.4. The maximum atomic E-state index is 11.3. The van der Waals surface area contributed by atoms with Crippen molar-refractivity contribution in [3.63, 3.8) is 0 Å². The van der Waals surface area contributed by atoms with Crippen LogP contribution in [0.3, 0.4) is 0 Å². The number of hydrogen-bond donors (Lipinski definition) is 0. The number of hydrogen-bond acceptors (Lipinski definition) is 7. The first-order valence-electron chi connectivity index (χ1n) is 7.34. The summed E-state index contributed by atoms with van der Waals surface area (Å²) in [7, 11) is 2.93. The third kappa shape index (κ3) is 4.70. The molecule has 1 saturated heterocycles. The molecule has 9 heteroatoms. The molecular weight excluding hydrogens is 320 g/mol. The summed E-state index contributed by atoms with van der Waals surface area (Å²) in [6.45, 7) is 7.26. The van der Waals surface area contributed by atoms with E-state index in [9.17, 15) is 4.79 Å². The van der Waals surface area contributed by atoms with Crippen molar-refractivity contribution in [3.8, 4) is 0 Å². The largest absolute Gasteiger partial charge is 0.454 e. The molecule has 0 radical (unpaired) electrons. The van der Waals surface area contributed by atoms with E-state index < -0.39 is 29.8 Å². The molecule has 9 nitrogen and oxygen atoms in total. The van der Waals surface area contributed by atoms with Crippen LogP contribution in [0.1, 0.15) is 13.8 Å². The lowest BCUT2D eigenvalue weighted by Crippen LogP contribution is -2.66. The van der Waals surface area contributed by atoms with E-state index in [0.29, 0.717) is 12.8 Å². The second-order valence-electron chi connectivity index (χ2n) is 5.31. The van der Waals surface area contributed by atoms with Crippen LogP contribution in [0.15, 0.2) is 12.7 Å². The molecule has 0 aliphatic carbocycles. The lowest BCUT2D eigenvalue weighted by Gasteiger charge is -2.51. The van der Waals surface area contributed by atoms with Gasteiger partial charge in [-0.2, -0.15) is 4.79 Å². The Hall–Kier alpha value is -1.61.